The van der Waals surface area contributed by atoms with Crippen LogP contribution in [0.4, 0.5) is 0 Å². The van der Waals surface area contributed by atoms with Gasteiger partial charge in [0.05, 0.1) is 11.4 Å². The third kappa shape index (κ3) is 2.86. The monoisotopic (exact) mass is 398 g/mol. The van der Waals surface area contributed by atoms with Gasteiger partial charge in [-0.05, 0) is 30.3 Å². The van der Waals surface area contributed by atoms with Crippen LogP contribution in [0, 0.1) is 0 Å². The molecule has 0 amide bonds. The summed E-state index contributed by atoms with van der Waals surface area (Å²) in [6.45, 7) is 0.270. The van der Waals surface area contributed by atoms with Gasteiger partial charge in [-0.25, -0.2) is 9.97 Å². The van der Waals surface area contributed by atoms with E-state index in [4.69, 9.17) is 31.0 Å². The minimum Gasteiger partial charge on any atom is -0.454 e. The fraction of sp³-hybridized carbons (Fsp3) is 0.0526. The van der Waals surface area contributed by atoms with Gasteiger partial charge in [-0.15, -0.1) is 22.7 Å². The Balaban J connectivity index is 1.46. The zero-order valence-corrected chi connectivity index (χ0v) is 15.7. The molecule has 26 heavy (non-hydrogen) atoms. The summed E-state index contributed by atoms with van der Waals surface area (Å²) in [5, 5.41) is 6.57. The number of hydrogen-bond acceptors (Lipinski definition) is 6. The predicted octanol–water partition coefficient (Wildman–Crippen LogP) is 5.98. The minimum atomic E-state index is 0.270. The highest BCUT2D eigenvalue weighted by Crippen LogP contribution is 2.38. The minimum absolute atomic E-state index is 0.270. The van der Waals surface area contributed by atoms with E-state index in [1.807, 2.05) is 53.2 Å². The van der Waals surface area contributed by atoms with Crippen LogP contribution in [0.2, 0.25) is 5.02 Å². The average molecular weight is 399 g/mol. The van der Waals surface area contributed by atoms with Gasteiger partial charge >= 0.3 is 0 Å². The first-order valence-corrected chi connectivity index (χ1v) is 9.97. The van der Waals surface area contributed by atoms with Gasteiger partial charge in [-0.1, -0.05) is 23.7 Å². The molecule has 3 heterocycles. The lowest BCUT2D eigenvalue weighted by Gasteiger charge is -1.99. The second-order valence-electron chi connectivity index (χ2n) is 5.65. The SMILES string of the molecule is Clc1cccc(-c2csc(-c3nc(-c4ccc5c(c4)OCO5)cs3)n2)c1. The largest absolute Gasteiger partial charge is 0.454 e. The highest BCUT2D eigenvalue weighted by Gasteiger charge is 2.16. The lowest BCUT2D eigenvalue weighted by molar-refractivity contribution is 0.174. The van der Waals surface area contributed by atoms with Crippen LogP contribution < -0.4 is 9.47 Å². The topological polar surface area (TPSA) is 44.2 Å². The van der Waals surface area contributed by atoms with E-state index in [-0.39, 0.29) is 6.79 Å². The van der Waals surface area contributed by atoms with Gasteiger partial charge in [0, 0.05) is 26.9 Å². The molecule has 0 saturated carbocycles. The molecule has 128 valence electrons. The molecule has 4 aromatic rings. The molecule has 1 aliphatic heterocycles. The van der Waals surface area contributed by atoms with Crippen molar-refractivity contribution < 1.29 is 9.47 Å². The lowest BCUT2D eigenvalue weighted by Crippen LogP contribution is -1.92. The summed E-state index contributed by atoms with van der Waals surface area (Å²) < 4.78 is 10.8. The van der Waals surface area contributed by atoms with Crippen molar-refractivity contribution in [2.45, 2.75) is 0 Å². The van der Waals surface area contributed by atoms with Crippen molar-refractivity contribution in [3.05, 3.63) is 58.2 Å². The zero-order valence-electron chi connectivity index (χ0n) is 13.3. The highest BCUT2D eigenvalue weighted by atomic mass is 35.5. The number of aromatic nitrogens is 2. The lowest BCUT2D eigenvalue weighted by atomic mass is 10.1. The summed E-state index contributed by atoms with van der Waals surface area (Å²) in [6, 6.07) is 13.6. The number of benzene rings is 2. The molecule has 0 bridgehead atoms. The van der Waals surface area contributed by atoms with Crippen LogP contribution in [0.25, 0.3) is 32.5 Å². The van der Waals surface area contributed by atoms with E-state index in [0.29, 0.717) is 5.02 Å². The molecule has 4 nitrogen and oxygen atoms in total. The van der Waals surface area contributed by atoms with Crippen molar-refractivity contribution in [3.63, 3.8) is 0 Å². The molecule has 7 heteroatoms. The van der Waals surface area contributed by atoms with Gasteiger partial charge in [-0.2, -0.15) is 0 Å². The van der Waals surface area contributed by atoms with Crippen LogP contribution in [0.5, 0.6) is 11.5 Å². The smallest absolute Gasteiger partial charge is 0.231 e. The van der Waals surface area contributed by atoms with E-state index < -0.39 is 0 Å². The normalized spacial score (nSPS) is 12.5. The van der Waals surface area contributed by atoms with Crippen molar-refractivity contribution in [3.8, 4) is 44.0 Å². The number of halogens is 1. The van der Waals surface area contributed by atoms with E-state index in [1.54, 1.807) is 22.7 Å². The quantitative estimate of drug-likeness (QED) is 0.425. The molecule has 2 aromatic heterocycles. The summed E-state index contributed by atoms with van der Waals surface area (Å²) in [5.41, 5.74) is 3.83. The Labute approximate surface area is 162 Å². The van der Waals surface area contributed by atoms with Crippen LogP contribution in [-0.2, 0) is 0 Å². The van der Waals surface area contributed by atoms with E-state index in [0.717, 1.165) is 44.0 Å². The number of hydrogen-bond donors (Lipinski definition) is 0. The molecular weight excluding hydrogens is 388 g/mol. The molecule has 1 aliphatic rings. The maximum absolute atomic E-state index is 6.08. The van der Waals surface area contributed by atoms with Crippen molar-refractivity contribution in [1.82, 2.24) is 9.97 Å². The molecule has 0 spiro atoms. The van der Waals surface area contributed by atoms with E-state index >= 15 is 0 Å². The van der Waals surface area contributed by atoms with Crippen molar-refractivity contribution >= 4 is 34.3 Å². The maximum atomic E-state index is 6.08. The Morgan fingerprint density at radius 2 is 1.50 bits per heavy atom. The van der Waals surface area contributed by atoms with Crippen LogP contribution in [0.3, 0.4) is 0 Å². The summed E-state index contributed by atoms with van der Waals surface area (Å²) >= 11 is 9.24. The van der Waals surface area contributed by atoms with Crippen molar-refractivity contribution in [1.29, 1.82) is 0 Å². The Hall–Kier alpha value is -2.41. The van der Waals surface area contributed by atoms with Crippen molar-refractivity contribution in [2.75, 3.05) is 6.79 Å². The van der Waals surface area contributed by atoms with Gasteiger partial charge in [0.1, 0.15) is 0 Å². The Morgan fingerprint density at radius 3 is 2.23 bits per heavy atom. The summed E-state index contributed by atoms with van der Waals surface area (Å²) in [4.78, 5) is 9.46. The molecule has 0 saturated heterocycles. The maximum Gasteiger partial charge on any atom is 0.231 e. The number of thiazole rings is 2. The van der Waals surface area contributed by atoms with E-state index in [2.05, 4.69) is 0 Å². The molecular formula is C19H11ClN2O2S2. The number of fused-ring (bicyclic) bond motifs is 1. The van der Waals surface area contributed by atoms with Gasteiger partial charge in [0.25, 0.3) is 0 Å². The molecule has 0 fully saturated rings. The molecule has 0 unspecified atom stereocenters. The summed E-state index contributed by atoms with van der Waals surface area (Å²) in [5.74, 6) is 1.53. The fourth-order valence-corrected chi connectivity index (χ4v) is 4.61. The summed E-state index contributed by atoms with van der Waals surface area (Å²) in [6.07, 6.45) is 0. The highest BCUT2D eigenvalue weighted by molar-refractivity contribution is 7.20. The second-order valence-corrected chi connectivity index (χ2v) is 7.81. The first-order chi connectivity index (χ1) is 12.8. The number of ether oxygens (including phenoxy) is 2. The molecule has 0 aliphatic carbocycles. The van der Waals surface area contributed by atoms with Gasteiger partial charge in [0.2, 0.25) is 6.79 Å². The average Bonchev–Trinajstić information content (AvgIpc) is 3.39. The summed E-state index contributed by atoms with van der Waals surface area (Å²) in [7, 11) is 0. The van der Waals surface area contributed by atoms with Crippen LogP contribution in [-0.4, -0.2) is 16.8 Å². The second kappa shape index (κ2) is 6.39. The molecule has 0 radical (unpaired) electrons. The van der Waals surface area contributed by atoms with Gasteiger partial charge in [0.15, 0.2) is 21.5 Å². The first-order valence-electron chi connectivity index (χ1n) is 7.84. The van der Waals surface area contributed by atoms with E-state index in [1.165, 1.54) is 0 Å². The Kier molecular flexibility index (Phi) is 3.89. The van der Waals surface area contributed by atoms with Gasteiger partial charge in [-0.3, -0.25) is 0 Å². The molecule has 2 aromatic carbocycles. The van der Waals surface area contributed by atoms with Crippen LogP contribution in [0.15, 0.2) is 53.2 Å². The Morgan fingerprint density at radius 1 is 0.808 bits per heavy atom. The van der Waals surface area contributed by atoms with Gasteiger partial charge < -0.3 is 9.47 Å². The fourth-order valence-electron chi connectivity index (χ4n) is 2.71. The zero-order chi connectivity index (χ0) is 17.5. The number of rotatable bonds is 3. The first kappa shape index (κ1) is 15.8. The molecule has 0 atom stereocenters. The Bertz CT molecular complexity index is 1110. The third-order valence-corrected chi connectivity index (χ3v) is 6.04. The van der Waals surface area contributed by atoms with Crippen LogP contribution in [0.1, 0.15) is 0 Å². The standard InChI is InChI=1S/C19H11ClN2O2S2/c20-13-3-1-2-11(6-13)14-8-25-18(21-14)19-22-15(9-26-19)12-4-5-16-17(7-12)24-10-23-16/h1-9H,10H2. The predicted molar refractivity (Wildman–Crippen MR) is 105 cm³/mol. The molecule has 0 N–H and O–H groups in total. The van der Waals surface area contributed by atoms with Crippen molar-refractivity contribution in [2.24, 2.45) is 0 Å². The number of nitrogens with zero attached hydrogens (tertiary/aromatic N) is 2. The van der Waals surface area contributed by atoms with Crippen LogP contribution >= 0.6 is 34.3 Å². The molecule has 5 rings (SSSR count). The van der Waals surface area contributed by atoms with E-state index in [9.17, 15) is 0 Å². The third-order valence-electron chi connectivity index (χ3n) is 3.98.